The molecule has 0 nitrogen and oxygen atoms in total. The van der Waals surface area contributed by atoms with Crippen molar-refractivity contribution in [1.29, 1.82) is 0 Å². The first kappa shape index (κ1) is 13.0. The van der Waals surface area contributed by atoms with Gasteiger partial charge >= 0.3 is 6.18 Å². The van der Waals surface area contributed by atoms with Crippen LogP contribution in [0.3, 0.4) is 0 Å². The third kappa shape index (κ3) is 2.54. The van der Waals surface area contributed by atoms with Crippen molar-refractivity contribution in [2.24, 2.45) is 5.92 Å². The van der Waals surface area contributed by atoms with Gasteiger partial charge < -0.3 is 0 Å². The lowest BCUT2D eigenvalue weighted by Gasteiger charge is -2.19. The number of alkyl halides is 3. The Morgan fingerprint density at radius 3 is 2.06 bits per heavy atom. The standard InChI is InChI=1S/C12H14F4/c1-7(2)8(3)9-5-4-6-10(11(9)13)12(14,15)16/h4-8H,1-3H3/t8-/m1/s1. The molecule has 0 aliphatic heterocycles. The summed E-state index contributed by atoms with van der Waals surface area (Å²) in [6, 6.07) is 3.43. The van der Waals surface area contributed by atoms with E-state index in [0.717, 1.165) is 6.07 Å². The Hall–Kier alpha value is -1.06. The summed E-state index contributed by atoms with van der Waals surface area (Å²) in [5, 5.41) is 0. The lowest BCUT2D eigenvalue weighted by atomic mass is 9.89. The van der Waals surface area contributed by atoms with Gasteiger partial charge in [-0.05, 0) is 23.5 Å². The first-order valence-electron chi connectivity index (χ1n) is 5.10. The molecule has 0 aromatic heterocycles. The zero-order valence-corrected chi connectivity index (χ0v) is 9.40. The van der Waals surface area contributed by atoms with E-state index in [-0.39, 0.29) is 17.4 Å². The predicted octanol–water partition coefficient (Wildman–Crippen LogP) is 4.60. The molecular weight excluding hydrogens is 220 g/mol. The van der Waals surface area contributed by atoms with Gasteiger partial charge in [-0.1, -0.05) is 32.9 Å². The molecule has 1 atom stereocenters. The van der Waals surface area contributed by atoms with Gasteiger partial charge in [0.2, 0.25) is 0 Å². The Kier molecular flexibility index (Phi) is 3.61. The van der Waals surface area contributed by atoms with E-state index in [1.807, 2.05) is 13.8 Å². The average Bonchev–Trinajstić information content (AvgIpc) is 2.15. The number of rotatable bonds is 2. The SMILES string of the molecule is CC(C)[C@@H](C)c1cccc(C(F)(F)F)c1F. The highest BCUT2D eigenvalue weighted by Crippen LogP contribution is 2.35. The predicted molar refractivity (Wildman–Crippen MR) is 54.7 cm³/mol. The van der Waals surface area contributed by atoms with Crippen LogP contribution in [-0.4, -0.2) is 0 Å². The lowest BCUT2D eigenvalue weighted by Crippen LogP contribution is -2.12. The highest BCUT2D eigenvalue weighted by atomic mass is 19.4. The fraction of sp³-hybridized carbons (Fsp3) is 0.500. The summed E-state index contributed by atoms with van der Waals surface area (Å²) in [6.45, 7) is 5.43. The summed E-state index contributed by atoms with van der Waals surface area (Å²) in [5.41, 5.74) is -1.05. The van der Waals surface area contributed by atoms with E-state index in [4.69, 9.17) is 0 Å². The van der Waals surface area contributed by atoms with Gasteiger partial charge in [-0.25, -0.2) is 4.39 Å². The molecule has 0 spiro atoms. The number of hydrogen-bond acceptors (Lipinski definition) is 0. The minimum atomic E-state index is -4.63. The Bertz CT molecular complexity index is 366. The van der Waals surface area contributed by atoms with Gasteiger partial charge in [0.05, 0.1) is 5.56 Å². The van der Waals surface area contributed by atoms with Crippen LogP contribution in [0.5, 0.6) is 0 Å². The van der Waals surface area contributed by atoms with E-state index >= 15 is 0 Å². The van der Waals surface area contributed by atoms with Crippen LogP contribution in [0.4, 0.5) is 17.6 Å². The van der Waals surface area contributed by atoms with Gasteiger partial charge in [0, 0.05) is 0 Å². The van der Waals surface area contributed by atoms with Crippen LogP contribution in [0.25, 0.3) is 0 Å². The monoisotopic (exact) mass is 234 g/mol. The molecule has 1 aromatic carbocycles. The second-order valence-corrected chi connectivity index (χ2v) is 4.24. The van der Waals surface area contributed by atoms with Crippen molar-refractivity contribution in [3.63, 3.8) is 0 Å². The van der Waals surface area contributed by atoms with E-state index in [1.165, 1.54) is 12.1 Å². The summed E-state index contributed by atoms with van der Waals surface area (Å²) >= 11 is 0. The molecule has 0 aliphatic rings. The van der Waals surface area contributed by atoms with Crippen LogP contribution >= 0.6 is 0 Å². The number of hydrogen-bond donors (Lipinski definition) is 0. The number of benzene rings is 1. The topological polar surface area (TPSA) is 0 Å². The summed E-state index contributed by atoms with van der Waals surface area (Å²) in [5.74, 6) is -1.28. The van der Waals surface area contributed by atoms with Gasteiger partial charge in [-0.15, -0.1) is 0 Å². The molecule has 1 aromatic rings. The maximum atomic E-state index is 13.7. The van der Waals surface area contributed by atoms with Crippen LogP contribution in [0.2, 0.25) is 0 Å². The quantitative estimate of drug-likeness (QED) is 0.656. The highest BCUT2D eigenvalue weighted by molar-refractivity contribution is 5.30. The van der Waals surface area contributed by atoms with Gasteiger partial charge in [-0.2, -0.15) is 13.2 Å². The zero-order chi connectivity index (χ0) is 12.5. The maximum absolute atomic E-state index is 13.7. The summed E-state index contributed by atoms with van der Waals surface area (Å²) in [4.78, 5) is 0. The first-order valence-corrected chi connectivity index (χ1v) is 5.10. The van der Waals surface area contributed by atoms with Crippen molar-refractivity contribution in [2.45, 2.75) is 32.9 Å². The van der Waals surface area contributed by atoms with Crippen molar-refractivity contribution < 1.29 is 17.6 Å². The van der Waals surface area contributed by atoms with Gasteiger partial charge in [-0.3, -0.25) is 0 Å². The van der Waals surface area contributed by atoms with E-state index in [2.05, 4.69) is 0 Å². The molecule has 0 unspecified atom stereocenters. The molecule has 0 saturated heterocycles. The molecule has 16 heavy (non-hydrogen) atoms. The summed E-state index contributed by atoms with van der Waals surface area (Å²) in [7, 11) is 0. The molecule has 0 bridgehead atoms. The zero-order valence-electron chi connectivity index (χ0n) is 9.40. The van der Waals surface area contributed by atoms with E-state index in [0.29, 0.717) is 0 Å². The number of halogens is 4. The van der Waals surface area contributed by atoms with Crippen LogP contribution in [0, 0.1) is 11.7 Å². The Morgan fingerprint density at radius 1 is 1.06 bits per heavy atom. The summed E-state index contributed by atoms with van der Waals surface area (Å²) in [6.07, 6.45) is -4.63. The second-order valence-electron chi connectivity index (χ2n) is 4.24. The third-order valence-electron chi connectivity index (χ3n) is 2.82. The third-order valence-corrected chi connectivity index (χ3v) is 2.82. The molecule has 0 heterocycles. The molecule has 4 heteroatoms. The lowest BCUT2D eigenvalue weighted by molar-refractivity contribution is -0.140. The molecule has 0 saturated carbocycles. The molecule has 90 valence electrons. The van der Waals surface area contributed by atoms with E-state index < -0.39 is 17.6 Å². The molecule has 0 radical (unpaired) electrons. The van der Waals surface area contributed by atoms with Crippen LogP contribution < -0.4 is 0 Å². The van der Waals surface area contributed by atoms with Crippen molar-refractivity contribution in [1.82, 2.24) is 0 Å². The minimum Gasteiger partial charge on any atom is -0.206 e. The Balaban J connectivity index is 3.24. The molecule has 0 amide bonds. The van der Waals surface area contributed by atoms with E-state index in [1.54, 1.807) is 6.92 Å². The van der Waals surface area contributed by atoms with Gasteiger partial charge in [0.15, 0.2) is 0 Å². The molecular formula is C12H14F4. The largest absolute Gasteiger partial charge is 0.419 e. The smallest absolute Gasteiger partial charge is 0.206 e. The van der Waals surface area contributed by atoms with Crippen LogP contribution in [0.15, 0.2) is 18.2 Å². The van der Waals surface area contributed by atoms with Gasteiger partial charge in [0.1, 0.15) is 5.82 Å². The van der Waals surface area contributed by atoms with Crippen molar-refractivity contribution in [3.8, 4) is 0 Å². The maximum Gasteiger partial charge on any atom is 0.419 e. The molecule has 1 rings (SSSR count). The fourth-order valence-electron chi connectivity index (χ4n) is 1.48. The Morgan fingerprint density at radius 2 is 1.62 bits per heavy atom. The minimum absolute atomic E-state index is 0.0954. The molecule has 0 fully saturated rings. The van der Waals surface area contributed by atoms with Crippen molar-refractivity contribution in [2.75, 3.05) is 0 Å². The van der Waals surface area contributed by atoms with Crippen LogP contribution in [-0.2, 0) is 6.18 Å². The van der Waals surface area contributed by atoms with Crippen LogP contribution in [0.1, 0.15) is 37.8 Å². The molecule has 0 aliphatic carbocycles. The summed E-state index contributed by atoms with van der Waals surface area (Å²) < 4.78 is 51.0. The van der Waals surface area contributed by atoms with Gasteiger partial charge in [0.25, 0.3) is 0 Å². The second kappa shape index (κ2) is 4.44. The van der Waals surface area contributed by atoms with Crippen molar-refractivity contribution >= 4 is 0 Å². The van der Waals surface area contributed by atoms with Crippen molar-refractivity contribution in [3.05, 3.63) is 35.1 Å². The first-order chi connectivity index (χ1) is 7.25. The Labute approximate surface area is 92.3 Å². The average molecular weight is 234 g/mol. The highest BCUT2D eigenvalue weighted by Gasteiger charge is 2.35. The normalized spacial score (nSPS) is 14.2. The fourth-order valence-corrected chi connectivity index (χ4v) is 1.48. The molecule has 0 N–H and O–H groups in total. The van der Waals surface area contributed by atoms with E-state index in [9.17, 15) is 17.6 Å².